The molecule has 0 rings (SSSR count). The van der Waals surface area contributed by atoms with E-state index in [0.29, 0.717) is 17.4 Å². The number of unbranched alkanes of at least 4 members (excludes halogenated alkanes) is 17. The molecule has 0 heterocycles. The van der Waals surface area contributed by atoms with Crippen molar-refractivity contribution in [3.05, 3.63) is 24.3 Å². The molecule has 2 unspecified atom stereocenters. The van der Waals surface area contributed by atoms with Crippen LogP contribution in [0, 0.1) is 0 Å². The lowest BCUT2D eigenvalue weighted by atomic mass is 10.0. The second-order valence-corrected chi connectivity index (χ2v) is 15.0. The van der Waals surface area contributed by atoms with Crippen LogP contribution in [-0.4, -0.2) is 76.3 Å². The van der Waals surface area contributed by atoms with Crippen molar-refractivity contribution in [2.24, 2.45) is 0 Å². The molecular weight excluding hydrogens is 633 g/mol. The second-order valence-electron chi connectivity index (χ2n) is 13.6. The fourth-order valence-electron chi connectivity index (χ4n) is 4.89. The number of phosphoric ester groups is 1. The number of nitrogens with zero attached hydrogens (tertiary/aromatic N) is 1. The monoisotopic (exact) mass is 701 g/mol. The van der Waals surface area contributed by atoms with E-state index in [4.69, 9.17) is 18.5 Å². The number of esters is 2. The maximum absolute atomic E-state index is 12.5. The molecule has 0 aliphatic carbocycles. The van der Waals surface area contributed by atoms with Gasteiger partial charge < -0.3 is 27.9 Å². The molecule has 0 aromatic rings. The molecule has 0 spiro atoms. The van der Waals surface area contributed by atoms with Gasteiger partial charge in [0.05, 0.1) is 27.7 Å². The third-order valence-electron chi connectivity index (χ3n) is 7.83. The van der Waals surface area contributed by atoms with Gasteiger partial charge in [0.15, 0.2) is 6.10 Å². The lowest BCUT2D eigenvalue weighted by molar-refractivity contribution is -0.870. The van der Waals surface area contributed by atoms with Gasteiger partial charge >= 0.3 is 11.9 Å². The standard InChI is InChI=1S/C37H68NO9P/c1-5-6-7-8-9-10-11-12-13-16-19-22-25-28-36(40)44-33-35(34-46-48(42,43)45-32-30-38(2,3)4)47-37(41)29-26-23-20-17-14-15-18-21-24-27-31-39/h18,21,24,27,31,35H,5-17,19-20,22-23,25-26,28-30,32-34H2,1-4H3/b21-18+,27-24+. The largest absolute Gasteiger partial charge is 0.756 e. The van der Waals surface area contributed by atoms with Gasteiger partial charge in [-0.05, 0) is 31.8 Å². The summed E-state index contributed by atoms with van der Waals surface area (Å²) in [5.41, 5.74) is 0. The zero-order chi connectivity index (χ0) is 35.8. The first-order valence-electron chi connectivity index (χ1n) is 18.5. The van der Waals surface area contributed by atoms with Gasteiger partial charge in [0.1, 0.15) is 26.0 Å². The minimum absolute atomic E-state index is 0.0453. The molecule has 0 aromatic carbocycles. The van der Waals surface area contributed by atoms with Crippen LogP contribution in [0.15, 0.2) is 24.3 Å². The number of phosphoric acid groups is 1. The van der Waals surface area contributed by atoms with Gasteiger partial charge in [0.25, 0.3) is 7.82 Å². The first-order chi connectivity index (χ1) is 23.0. The number of hydrogen-bond acceptors (Lipinski definition) is 9. The van der Waals surface area contributed by atoms with Gasteiger partial charge in [-0.1, -0.05) is 121 Å². The molecule has 0 amide bonds. The number of likely N-dealkylation sites (N-methyl/N-ethyl adjacent to an activating group) is 1. The third-order valence-corrected chi connectivity index (χ3v) is 8.80. The van der Waals surface area contributed by atoms with E-state index in [1.165, 1.54) is 70.3 Å². The van der Waals surface area contributed by atoms with E-state index in [9.17, 15) is 23.8 Å². The zero-order valence-corrected chi connectivity index (χ0v) is 31.6. The molecule has 0 N–H and O–H groups in total. The quantitative estimate of drug-likeness (QED) is 0.0124. The van der Waals surface area contributed by atoms with Crippen LogP contribution in [-0.2, 0) is 37.5 Å². The number of carbonyl (C=O) groups excluding carboxylic acids is 3. The van der Waals surface area contributed by atoms with E-state index in [-0.39, 0.29) is 26.1 Å². The van der Waals surface area contributed by atoms with Crippen LogP contribution < -0.4 is 4.89 Å². The molecule has 0 radical (unpaired) electrons. The van der Waals surface area contributed by atoms with Crippen molar-refractivity contribution < 1.29 is 46.8 Å². The smallest absolute Gasteiger partial charge is 0.306 e. The first kappa shape index (κ1) is 46.2. The fourth-order valence-corrected chi connectivity index (χ4v) is 5.62. The maximum Gasteiger partial charge on any atom is 0.306 e. The molecule has 280 valence electrons. The van der Waals surface area contributed by atoms with Gasteiger partial charge in [-0.2, -0.15) is 0 Å². The third kappa shape index (κ3) is 34.0. The highest BCUT2D eigenvalue weighted by molar-refractivity contribution is 7.45. The highest BCUT2D eigenvalue weighted by Gasteiger charge is 2.21. The topological polar surface area (TPSA) is 128 Å². The van der Waals surface area contributed by atoms with Gasteiger partial charge in [-0.3, -0.25) is 18.9 Å². The number of carbonyl (C=O) groups is 3. The lowest BCUT2D eigenvalue weighted by Crippen LogP contribution is -2.37. The summed E-state index contributed by atoms with van der Waals surface area (Å²) in [6.07, 6.45) is 28.3. The van der Waals surface area contributed by atoms with E-state index in [1.807, 2.05) is 33.3 Å². The Bertz CT molecular complexity index is 917. The van der Waals surface area contributed by atoms with Crippen molar-refractivity contribution in [2.75, 3.05) is 47.5 Å². The highest BCUT2D eigenvalue weighted by Crippen LogP contribution is 2.38. The second kappa shape index (κ2) is 31.2. The Morgan fingerprint density at radius 2 is 1.21 bits per heavy atom. The SMILES string of the molecule is CCCCCCCCCCCCCCCC(=O)OCC(COP(=O)([O-])OCC[N+](C)(C)C)OC(=O)CCCCCCC/C=C/C=C/C=O. The number of aldehydes is 1. The van der Waals surface area contributed by atoms with Crippen LogP contribution in [0.4, 0.5) is 0 Å². The van der Waals surface area contributed by atoms with E-state index in [0.717, 1.165) is 57.7 Å². The van der Waals surface area contributed by atoms with Crippen LogP contribution >= 0.6 is 7.82 Å². The number of rotatable bonds is 34. The lowest BCUT2D eigenvalue weighted by Gasteiger charge is -2.28. The highest BCUT2D eigenvalue weighted by atomic mass is 31.2. The molecule has 0 aliphatic rings. The van der Waals surface area contributed by atoms with Crippen molar-refractivity contribution in [1.82, 2.24) is 0 Å². The van der Waals surface area contributed by atoms with Crippen LogP contribution in [0.3, 0.4) is 0 Å². The fraction of sp³-hybridized carbons (Fsp3) is 0.811. The predicted molar refractivity (Wildman–Crippen MR) is 190 cm³/mol. The average Bonchev–Trinajstić information content (AvgIpc) is 3.02. The summed E-state index contributed by atoms with van der Waals surface area (Å²) in [6, 6.07) is 0. The molecule has 48 heavy (non-hydrogen) atoms. The van der Waals surface area contributed by atoms with E-state index in [2.05, 4.69) is 6.92 Å². The number of ether oxygens (including phenoxy) is 2. The summed E-state index contributed by atoms with van der Waals surface area (Å²) in [5, 5.41) is 0. The Morgan fingerprint density at radius 1 is 0.688 bits per heavy atom. The van der Waals surface area contributed by atoms with E-state index >= 15 is 0 Å². The predicted octanol–water partition coefficient (Wildman–Crippen LogP) is 8.17. The molecular formula is C37H68NO9P. The molecule has 0 saturated heterocycles. The number of quaternary nitrogens is 1. The molecule has 0 saturated carbocycles. The van der Waals surface area contributed by atoms with Crippen molar-refractivity contribution in [3.63, 3.8) is 0 Å². The molecule has 11 heteroatoms. The summed E-state index contributed by atoms with van der Waals surface area (Å²) in [7, 11) is 1.11. The van der Waals surface area contributed by atoms with Crippen molar-refractivity contribution >= 4 is 26.0 Å². The molecule has 0 bridgehead atoms. The normalized spacial score (nSPS) is 13.9. The Labute approximate surface area is 292 Å². The van der Waals surface area contributed by atoms with Crippen LogP contribution in [0.2, 0.25) is 0 Å². The van der Waals surface area contributed by atoms with Crippen LogP contribution in [0.5, 0.6) is 0 Å². The Hall–Kier alpha value is -1.84. The first-order valence-corrected chi connectivity index (χ1v) is 20.0. The number of hydrogen-bond donors (Lipinski definition) is 0. The summed E-state index contributed by atoms with van der Waals surface area (Å²) >= 11 is 0. The van der Waals surface area contributed by atoms with Crippen molar-refractivity contribution in [2.45, 2.75) is 148 Å². The Balaban J connectivity index is 4.44. The van der Waals surface area contributed by atoms with Crippen LogP contribution in [0.1, 0.15) is 142 Å². The summed E-state index contributed by atoms with van der Waals surface area (Å²) < 4.78 is 33.6. The van der Waals surface area contributed by atoms with Gasteiger partial charge in [0, 0.05) is 12.8 Å². The van der Waals surface area contributed by atoms with E-state index < -0.39 is 32.5 Å². The summed E-state index contributed by atoms with van der Waals surface area (Å²) in [5.74, 6) is -0.897. The zero-order valence-electron chi connectivity index (χ0n) is 30.7. The number of allylic oxidation sites excluding steroid dienone is 4. The van der Waals surface area contributed by atoms with Gasteiger partial charge in [-0.25, -0.2) is 0 Å². The Morgan fingerprint density at radius 3 is 1.75 bits per heavy atom. The molecule has 10 nitrogen and oxygen atoms in total. The molecule has 2 atom stereocenters. The molecule has 0 aliphatic heterocycles. The van der Waals surface area contributed by atoms with E-state index in [1.54, 1.807) is 6.08 Å². The molecule has 0 fully saturated rings. The summed E-state index contributed by atoms with van der Waals surface area (Å²) in [4.78, 5) is 47.5. The minimum atomic E-state index is -4.63. The van der Waals surface area contributed by atoms with Gasteiger partial charge in [0.2, 0.25) is 0 Å². The van der Waals surface area contributed by atoms with Gasteiger partial charge in [-0.15, -0.1) is 0 Å². The van der Waals surface area contributed by atoms with Crippen molar-refractivity contribution in [1.29, 1.82) is 0 Å². The van der Waals surface area contributed by atoms with Crippen molar-refractivity contribution in [3.8, 4) is 0 Å². The average molecular weight is 702 g/mol. The molecule has 0 aromatic heterocycles. The maximum atomic E-state index is 12.5. The summed E-state index contributed by atoms with van der Waals surface area (Å²) in [6.45, 7) is 1.89. The van der Waals surface area contributed by atoms with Crippen LogP contribution in [0.25, 0.3) is 0 Å². The Kier molecular flexibility index (Phi) is 30.0. The minimum Gasteiger partial charge on any atom is -0.756 e.